The maximum atomic E-state index is 5.91. The molecule has 5 nitrogen and oxygen atoms in total. The van der Waals surface area contributed by atoms with Crippen molar-refractivity contribution in [2.75, 3.05) is 0 Å². The van der Waals surface area contributed by atoms with Crippen molar-refractivity contribution in [3.63, 3.8) is 0 Å². The first-order chi connectivity index (χ1) is 10.1. The van der Waals surface area contributed by atoms with Gasteiger partial charge >= 0.3 is 0 Å². The molecule has 1 atom stereocenters. The van der Waals surface area contributed by atoms with Crippen LogP contribution < -0.4 is 10.5 Å². The minimum absolute atomic E-state index is 0.0930. The summed E-state index contributed by atoms with van der Waals surface area (Å²) in [5, 5.41) is 3.93. The lowest BCUT2D eigenvalue weighted by Gasteiger charge is -2.14. The van der Waals surface area contributed by atoms with Crippen LogP contribution in [0, 0.1) is 6.92 Å². The Hall–Kier alpha value is -1.88. The molecule has 0 bridgehead atoms. The number of nitrogens with zero attached hydrogens (tertiary/aromatic N) is 2. The quantitative estimate of drug-likeness (QED) is 0.848. The molecule has 2 N–H and O–H groups in total. The highest BCUT2D eigenvalue weighted by atomic mass is 16.5. The van der Waals surface area contributed by atoms with Crippen LogP contribution in [0.4, 0.5) is 0 Å². The fourth-order valence-corrected chi connectivity index (χ4v) is 2.23. The van der Waals surface area contributed by atoms with Crippen LogP contribution in [0.1, 0.15) is 43.1 Å². The summed E-state index contributed by atoms with van der Waals surface area (Å²) in [5.74, 6) is 2.11. The molecule has 0 aliphatic heterocycles. The highest BCUT2D eigenvalue weighted by molar-refractivity contribution is 5.41. The Morgan fingerprint density at radius 3 is 2.90 bits per heavy atom. The van der Waals surface area contributed by atoms with Crippen molar-refractivity contribution >= 4 is 0 Å². The number of para-hydroxylation sites is 1. The number of hydrogen-bond donors (Lipinski definition) is 1. The van der Waals surface area contributed by atoms with Gasteiger partial charge in [0.2, 0.25) is 11.7 Å². The molecule has 2 aromatic rings. The molecule has 1 heterocycles. The number of hydrogen-bond acceptors (Lipinski definition) is 5. The average Bonchev–Trinajstić information content (AvgIpc) is 2.86. The Labute approximate surface area is 125 Å². The summed E-state index contributed by atoms with van der Waals surface area (Å²) in [6.45, 7) is 6.40. The lowest BCUT2D eigenvalue weighted by Crippen LogP contribution is -2.18. The largest absolute Gasteiger partial charge is 0.485 e. The second-order valence-corrected chi connectivity index (χ2v) is 5.39. The Bertz CT molecular complexity index is 579. The van der Waals surface area contributed by atoms with E-state index in [9.17, 15) is 0 Å². The molecule has 114 valence electrons. The zero-order chi connectivity index (χ0) is 15.2. The first-order valence-electron chi connectivity index (χ1n) is 7.38. The molecule has 0 aliphatic carbocycles. The SMILES string of the molecule is CCCc1nc(COc2c(C)cccc2CC(C)N)no1. The van der Waals surface area contributed by atoms with Gasteiger partial charge < -0.3 is 15.0 Å². The summed E-state index contributed by atoms with van der Waals surface area (Å²) >= 11 is 0. The van der Waals surface area contributed by atoms with Crippen LogP contribution in [-0.4, -0.2) is 16.2 Å². The van der Waals surface area contributed by atoms with E-state index in [4.69, 9.17) is 15.0 Å². The van der Waals surface area contributed by atoms with Crippen LogP contribution in [0.25, 0.3) is 0 Å². The lowest BCUT2D eigenvalue weighted by atomic mass is 10.0. The number of benzene rings is 1. The Morgan fingerprint density at radius 2 is 2.19 bits per heavy atom. The second-order valence-electron chi connectivity index (χ2n) is 5.39. The summed E-state index contributed by atoms with van der Waals surface area (Å²) in [4.78, 5) is 4.31. The number of aromatic nitrogens is 2. The van der Waals surface area contributed by atoms with Crippen molar-refractivity contribution in [3.05, 3.63) is 41.0 Å². The van der Waals surface area contributed by atoms with E-state index >= 15 is 0 Å². The van der Waals surface area contributed by atoms with Gasteiger partial charge in [0.1, 0.15) is 5.75 Å². The first kappa shape index (κ1) is 15.5. The third-order valence-corrected chi connectivity index (χ3v) is 3.15. The van der Waals surface area contributed by atoms with Gasteiger partial charge in [-0.25, -0.2) is 0 Å². The van der Waals surface area contributed by atoms with Crippen LogP contribution in [0.2, 0.25) is 0 Å². The van der Waals surface area contributed by atoms with Crippen molar-refractivity contribution in [1.82, 2.24) is 10.1 Å². The van der Waals surface area contributed by atoms with Crippen molar-refractivity contribution in [2.24, 2.45) is 5.73 Å². The molecule has 0 spiro atoms. The van der Waals surface area contributed by atoms with Crippen molar-refractivity contribution in [2.45, 2.75) is 52.7 Å². The van der Waals surface area contributed by atoms with E-state index < -0.39 is 0 Å². The van der Waals surface area contributed by atoms with E-state index in [0.29, 0.717) is 18.3 Å². The minimum atomic E-state index is 0.0930. The molecule has 0 saturated carbocycles. The predicted molar refractivity (Wildman–Crippen MR) is 81.2 cm³/mol. The summed E-state index contributed by atoms with van der Waals surface area (Å²) in [5.41, 5.74) is 8.09. The topological polar surface area (TPSA) is 74.2 Å². The first-order valence-corrected chi connectivity index (χ1v) is 7.38. The average molecular weight is 289 g/mol. The van der Waals surface area contributed by atoms with Crippen LogP contribution in [0.15, 0.2) is 22.7 Å². The number of nitrogens with two attached hydrogens (primary N) is 1. The van der Waals surface area contributed by atoms with E-state index in [2.05, 4.69) is 17.1 Å². The molecule has 2 rings (SSSR count). The van der Waals surface area contributed by atoms with Crippen LogP contribution in [0.5, 0.6) is 5.75 Å². The summed E-state index contributed by atoms with van der Waals surface area (Å²) < 4.78 is 11.1. The van der Waals surface area contributed by atoms with Crippen molar-refractivity contribution in [3.8, 4) is 5.75 Å². The summed E-state index contributed by atoms with van der Waals surface area (Å²) in [6.07, 6.45) is 2.57. The smallest absolute Gasteiger partial charge is 0.226 e. The molecular weight excluding hydrogens is 266 g/mol. The van der Waals surface area contributed by atoms with Gasteiger partial charge in [-0.05, 0) is 37.8 Å². The van der Waals surface area contributed by atoms with Crippen LogP contribution in [-0.2, 0) is 19.4 Å². The van der Waals surface area contributed by atoms with E-state index in [1.807, 2.05) is 32.0 Å². The minimum Gasteiger partial charge on any atom is -0.485 e. The monoisotopic (exact) mass is 289 g/mol. The molecule has 0 aliphatic rings. The maximum Gasteiger partial charge on any atom is 0.226 e. The van der Waals surface area contributed by atoms with E-state index in [0.717, 1.165) is 36.1 Å². The van der Waals surface area contributed by atoms with Gasteiger partial charge in [-0.3, -0.25) is 0 Å². The van der Waals surface area contributed by atoms with E-state index in [1.54, 1.807) is 0 Å². The zero-order valence-electron chi connectivity index (χ0n) is 12.9. The molecule has 1 aromatic heterocycles. The maximum absolute atomic E-state index is 5.91. The Kier molecular flexibility index (Phi) is 5.33. The fourth-order valence-electron chi connectivity index (χ4n) is 2.23. The number of rotatable bonds is 7. The molecule has 0 fully saturated rings. The van der Waals surface area contributed by atoms with Crippen LogP contribution >= 0.6 is 0 Å². The molecule has 0 radical (unpaired) electrons. The molecule has 21 heavy (non-hydrogen) atoms. The van der Waals surface area contributed by atoms with Gasteiger partial charge in [0.15, 0.2) is 6.61 Å². The molecule has 0 amide bonds. The van der Waals surface area contributed by atoms with Gasteiger partial charge in [0.05, 0.1) is 0 Å². The van der Waals surface area contributed by atoms with E-state index in [-0.39, 0.29) is 6.04 Å². The van der Waals surface area contributed by atoms with Crippen molar-refractivity contribution < 1.29 is 9.26 Å². The van der Waals surface area contributed by atoms with Gasteiger partial charge in [0, 0.05) is 12.5 Å². The van der Waals surface area contributed by atoms with Gasteiger partial charge in [-0.15, -0.1) is 0 Å². The van der Waals surface area contributed by atoms with E-state index in [1.165, 1.54) is 0 Å². The standard InChI is InChI=1S/C16H23N3O2/c1-4-6-15-18-14(19-21-15)10-20-16-11(2)7-5-8-13(16)9-12(3)17/h5,7-8,12H,4,6,9-10,17H2,1-3H3. The molecular formula is C16H23N3O2. The molecule has 0 saturated heterocycles. The van der Waals surface area contributed by atoms with Gasteiger partial charge in [-0.2, -0.15) is 4.98 Å². The van der Waals surface area contributed by atoms with Gasteiger partial charge in [0.25, 0.3) is 0 Å². The second kappa shape index (κ2) is 7.22. The predicted octanol–water partition coefficient (Wildman–Crippen LogP) is 2.80. The summed E-state index contributed by atoms with van der Waals surface area (Å²) in [6, 6.07) is 6.19. The Morgan fingerprint density at radius 1 is 1.38 bits per heavy atom. The lowest BCUT2D eigenvalue weighted by molar-refractivity contribution is 0.280. The number of ether oxygens (including phenoxy) is 1. The van der Waals surface area contributed by atoms with Gasteiger partial charge in [-0.1, -0.05) is 30.3 Å². The highest BCUT2D eigenvalue weighted by Gasteiger charge is 2.11. The normalized spacial score (nSPS) is 12.4. The fraction of sp³-hybridized carbons (Fsp3) is 0.500. The molecule has 1 aromatic carbocycles. The molecule has 5 heteroatoms. The third-order valence-electron chi connectivity index (χ3n) is 3.15. The van der Waals surface area contributed by atoms with Crippen molar-refractivity contribution in [1.29, 1.82) is 0 Å². The third kappa shape index (κ3) is 4.29. The zero-order valence-corrected chi connectivity index (χ0v) is 12.9. The summed E-state index contributed by atoms with van der Waals surface area (Å²) in [7, 11) is 0. The highest BCUT2D eigenvalue weighted by Crippen LogP contribution is 2.25. The van der Waals surface area contributed by atoms with Crippen LogP contribution in [0.3, 0.4) is 0 Å². The number of aryl methyl sites for hydroxylation is 2. The Balaban J connectivity index is 2.07. The molecule has 1 unspecified atom stereocenters.